The Labute approximate surface area is 130 Å². The molecule has 0 bridgehead atoms. The molecule has 114 valence electrons. The van der Waals surface area contributed by atoms with Gasteiger partial charge in [0.05, 0.1) is 23.7 Å². The van der Waals surface area contributed by atoms with E-state index in [1.165, 1.54) is 5.56 Å². The van der Waals surface area contributed by atoms with Gasteiger partial charge < -0.3 is 9.47 Å². The fourth-order valence-electron chi connectivity index (χ4n) is 2.47. The molecule has 0 heterocycles. The SMILES string of the molecule is COc1ccc(CC(NN)C(OC)C(C)(C)C)cc1Br. The highest BCUT2D eigenvalue weighted by molar-refractivity contribution is 9.10. The van der Waals surface area contributed by atoms with E-state index in [4.69, 9.17) is 15.3 Å². The molecule has 0 radical (unpaired) electrons. The van der Waals surface area contributed by atoms with Gasteiger partial charge in [0.1, 0.15) is 5.75 Å². The molecule has 2 unspecified atom stereocenters. The van der Waals surface area contributed by atoms with E-state index in [1.54, 1.807) is 14.2 Å². The van der Waals surface area contributed by atoms with E-state index in [0.29, 0.717) is 0 Å². The number of methoxy groups -OCH3 is 2. The molecule has 0 aliphatic carbocycles. The summed E-state index contributed by atoms with van der Waals surface area (Å²) in [5.41, 5.74) is 4.07. The van der Waals surface area contributed by atoms with E-state index in [2.05, 4.69) is 48.2 Å². The Kier molecular flexibility index (Phi) is 6.45. The van der Waals surface area contributed by atoms with Crippen LogP contribution >= 0.6 is 15.9 Å². The first-order chi connectivity index (χ1) is 9.33. The second-order valence-electron chi connectivity index (χ2n) is 5.97. The molecule has 20 heavy (non-hydrogen) atoms. The summed E-state index contributed by atoms with van der Waals surface area (Å²) in [6, 6.07) is 6.09. The van der Waals surface area contributed by atoms with Gasteiger partial charge in [0.15, 0.2) is 0 Å². The third kappa shape index (κ3) is 4.45. The van der Waals surface area contributed by atoms with E-state index < -0.39 is 0 Å². The molecular weight excluding hydrogens is 320 g/mol. The van der Waals surface area contributed by atoms with Gasteiger partial charge in [0.25, 0.3) is 0 Å². The van der Waals surface area contributed by atoms with Crippen LogP contribution < -0.4 is 16.0 Å². The average molecular weight is 345 g/mol. The Hall–Kier alpha value is -0.620. The third-order valence-corrected chi connectivity index (χ3v) is 3.98. The standard InChI is InChI=1S/C15H25BrN2O2/c1-15(2,3)14(20-5)12(18-17)9-10-6-7-13(19-4)11(16)8-10/h6-8,12,14,18H,9,17H2,1-5H3. The molecule has 5 heteroatoms. The number of halogens is 1. The first kappa shape index (κ1) is 17.4. The van der Waals surface area contributed by atoms with Crippen LogP contribution in [0, 0.1) is 5.41 Å². The molecule has 0 aliphatic heterocycles. The fraction of sp³-hybridized carbons (Fsp3) is 0.600. The molecule has 0 aromatic heterocycles. The molecule has 0 saturated carbocycles. The minimum atomic E-state index is 0.00941. The second kappa shape index (κ2) is 7.41. The third-order valence-electron chi connectivity index (χ3n) is 3.36. The van der Waals surface area contributed by atoms with Gasteiger partial charge >= 0.3 is 0 Å². The van der Waals surface area contributed by atoms with Gasteiger partial charge in [-0.2, -0.15) is 0 Å². The smallest absolute Gasteiger partial charge is 0.133 e. The van der Waals surface area contributed by atoms with Crippen LogP contribution in [0.4, 0.5) is 0 Å². The van der Waals surface area contributed by atoms with Crippen LogP contribution in [0.3, 0.4) is 0 Å². The van der Waals surface area contributed by atoms with E-state index in [9.17, 15) is 0 Å². The van der Waals surface area contributed by atoms with Crippen LogP contribution in [0.2, 0.25) is 0 Å². The number of hydrogen-bond acceptors (Lipinski definition) is 4. The van der Waals surface area contributed by atoms with E-state index >= 15 is 0 Å². The largest absolute Gasteiger partial charge is 0.496 e. The quantitative estimate of drug-likeness (QED) is 0.615. The summed E-state index contributed by atoms with van der Waals surface area (Å²) in [5, 5.41) is 0. The van der Waals surface area contributed by atoms with Crippen LogP contribution in [-0.4, -0.2) is 26.4 Å². The molecule has 0 amide bonds. The number of hydrogen-bond donors (Lipinski definition) is 2. The zero-order chi connectivity index (χ0) is 15.3. The Bertz CT molecular complexity index is 432. The molecule has 0 saturated heterocycles. The Morgan fingerprint density at radius 3 is 2.35 bits per heavy atom. The summed E-state index contributed by atoms with van der Waals surface area (Å²) in [6.45, 7) is 6.44. The lowest BCUT2D eigenvalue weighted by Crippen LogP contribution is -2.51. The molecule has 1 aromatic carbocycles. The van der Waals surface area contributed by atoms with Gasteiger partial charge in [-0.05, 0) is 45.5 Å². The van der Waals surface area contributed by atoms with Gasteiger partial charge in [-0.25, -0.2) is 0 Å². The number of nitrogens with one attached hydrogen (secondary N) is 1. The summed E-state index contributed by atoms with van der Waals surface area (Å²) in [7, 11) is 3.38. The van der Waals surface area contributed by atoms with E-state index in [0.717, 1.165) is 16.6 Å². The monoisotopic (exact) mass is 344 g/mol. The van der Waals surface area contributed by atoms with Crippen molar-refractivity contribution in [3.63, 3.8) is 0 Å². The molecule has 1 rings (SSSR count). The number of hydrazine groups is 1. The molecule has 2 atom stereocenters. The highest BCUT2D eigenvalue weighted by Gasteiger charge is 2.31. The highest BCUT2D eigenvalue weighted by Crippen LogP contribution is 2.29. The predicted octanol–water partition coefficient (Wildman–Crippen LogP) is 2.89. The lowest BCUT2D eigenvalue weighted by Gasteiger charge is -2.35. The predicted molar refractivity (Wildman–Crippen MR) is 85.8 cm³/mol. The van der Waals surface area contributed by atoms with Crippen molar-refractivity contribution in [3.8, 4) is 5.75 Å². The highest BCUT2D eigenvalue weighted by atomic mass is 79.9. The summed E-state index contributed by atoms with van der Waals surface area (Å²) in [5.74, 6) is 6.55. The molecular formula is C15H25BrN2O2. The summed E-state index contributed by atoms with van der Waals surface area (Å²) >= 11 is 3.50. The van der Waals surface area contributed by atoms with Crippen molar-refractivity contribution in [2.45, 2.75) is 39.3 Å². The molecule has 0 spiro atoms. The summed E-state index contributed by atoms with van der Waals surface area (Å²) in [4.78, 5) is 0. The first-order valence-electron chi connectivity index (χ1n) is 6.64. The molecule has 1 aromatic rings. The normalized spacial score (nSPS) is 14.9. The van der Waals surface area contributed by atoms with Gasteiger partial charge in [0, 0.05) is 7.11 Å². The van der Waals surface area contributed by atoms with Crippen LogP contribution in [0.15, 0.2) is 22.7 Å². The van der Waals surface area contributed by atoms with Crippen molar-refractivity contribution in [2.24, 2.45) is 11.3 Å². The van der Waals surface area contributed by atoms with Crippen molar-refractivity contribution >= 4 is 15.9 Å². The van der Waals surface area contributed by atoms with Crippen LogP contribution in [0.5, 0.6) is 5.75 Å². The Balaban J connectivity index is 2.90. The van der Waals surface area contributed by atoms with Crippen LogP contribution in [0.1, 0.15) is 26.3 Å². The zero-order valence-corrected chi connectivity index (χ0v) is 14.5. The maximum absolute atomic E-state index is 5.72. The van der Waals surface area contributed by atoms with Crippen molar-refractivity contribution < 1.29 is 9.47 Å². The van der Waals surface area contributed by atoms with Crippen LogP contribution in [-0.2, 0) is 11.2 Å². The lowest BCUT2D eigenvalue weighted by atomic mass is 9.82. The number of rotatable bonds is 6. The van der Waals surface area contributed by atoms with Crippen molar-refractivity contribution in [2.75, 3.05) is 14.2 Å². The maximum Gasteiger partial charge on any atom is 0.133 e. The van der Waals surface area contributed by atoms with Gasteiger partial charge in [-0.1, -0.05) is 26.8 Å². The maximum atomic E-state index is 5.72. The molecule has 4 nitrogen and oxygen atoms in total. The Morgan fingerprint density at radius 2 is 1.95 bits per heavy atom. The first-order valence-corrected chi connectivity index (χ1v) is 7.44. The van der Waals surface area contributed by atoms with Crippen molar-refractivity contribution in [1.82, 2.24) is 5.43 Å². The minimum Gasteiger partial charge on any atom is -0.496 e. The lowest BCUT2D eigenvalue weighted by molar-refractivity contribution is -0.0110. The van der Waals surface area contributed by atoms with Crippen molar-refractivity contribution in [3.05, 3.63) is 28.2 Å². The zero-order valence-electron chi connectivity index (χ0n) is 12.9. The van der Waals surface area contributed by atoms with Gasteiger partial charge in [0.2, 0.25) is 0 Å². The fourth-order valence-corrected chi connectivity index (χ4v) is 3.05. The van der Waals surface area contributed by atoms with E-state index in [1.807, 2.05) is 12.1 Å². The van der Waals surface area contributed by atoms with Crippen molar-refractivity contribution in [1.29, 1.82) is 0 Å². The number of ether oxygens (including phenoxy) is 2. The minimum absolute atomic E-state index is 0.00941. The summed E-state index contributed by atoms with van der Waals surface area (Å²) in [6.07, 6.45) is 0.808. The topological polar surface area (TPSA) is 56.5 Å². The molecule has 3 N–H and O–H groups in total. The van der Waals surface area contributed by atoms with Gasteiger partial charge in [-0.15, -0.1) is 0 Å². The molecule has 0 aliphatic rings. The molecule has 0 fully saturated rings. The number of benzene rings is 1. The Morgan fingerprint density at radius 1 is 1.30 bits per heavy atom. The number of nitrogens with two attached hydrogens (primary N) is 1. The second-order valence-corrected chi connectivity index (χ2v) is 6.82. The average Bonchev–Trinajstić information content (AvgIpc) is 2.37. The van der Waals surface area contributed by atoms with E-state index in [-0.39, 0.29) is 17.6 Å². The summed E-state index contributed by atoms with van der Waals surface area (Å²) < 4.78 is 11.8. The van der Waals surface area contributed by atoms with Crippen LogP contribution in [0.25, 0.3) is 0 Å². The van der Waals surface area contributed by atoms with Gasteiger partial charge in [-0.3, -0.25) is 11.3 Å².